The van der Waals surface area contributed by atoms with Gasteiger partial charge in [0.15, 0.2) is 0 Å². The molecule has 0 aliphatic rings. The Morgan fingerprint density at radius 1 is 1.47 bits per heavy atom. The van der Waals surface area contributed by atoms with E-state index in [-0.39, 0.29) is 0 Å². The van der Waals surface area contributed by atoms with Gasteiger partial charge in [0, 0.05) is 16.3 Å². The van der Waals surface area contributed by atoms with Crippen LogP contribution in [0.4, 0.5) is 5.69 Å². The quantitative estimate of drug-likeness (QED) is 0.608. The summed E-state index contributed by atoms with van der Waals surface area (Å²) in [4.78, 5) is 12.1. The summed E-state index contributed by atoms with van der Waals surface area (Å²) in [6.07, 6.45) is 0. The van der Waals surface area contributed by atoms with E-state index in [0.29, 0.717) is 17.2 Å². The molecule has 0 aliphatic heterocycles. The molecular weight excluding hydrogens is 208 g/mol. The third kappa shape index (κ3) is 3.47. The molecule has 82 valence electrons. The lowest BCUT2D eigenvalue weighted by Crippen LogP contribution is -2.13. The summed E-state index contributed by atoms with van der Waals surface area (Å²) in [6.45, 7) is 4.30. The highest BCUT2D eigenvalue weighted by Crippen LogP contribution is 2.24. The van der Waals surface area contributed by atoms with E-state index in [2.05, 4.69) is 13.8 Å². The van der Waals surface area contributed by atoms with Gasteiger partial charge in [-0.3, -0.25) is 4.79 Å². The Kier molecular flexibility index (Phi) is 4.03. The number of hydrogen-bond donors (Lipinski definition) is 2. The van der Waals surface area contributed by atoms with Crippen LogP contribution in [0.5, 0.6) is 0 Å². The van der Waals surface area contributed by atoms with Gasteiger partial charge >= 0.3 is 0 Å². The summed E-state index contributed by atoms with van der Waals surface area (Å²) in [7, 11) is 0. The molecule has 0 heterocycles. The molecule has 0 radical (unpaired) electrons. The molecule has 1 aromatic carbocycles. The van der Waals surface area contributed by atoms with Crippen molar-refractivity contribution in [2.45, 2.75) is 18.7 Å². The van der Waals surface area contributed by atoms with Crippen molar-refractivity contribution in [3.8, 4) is 0 Å². The number of nitrogens with two attached hydrogens (primary N) is 2. The zero-order chi connectivity index (χ0) is 11.4. The van der Waals surface area contributed by atoms with Crippen LogP contribution in [0.2, 0.25) is 0 Å². The number of benzene rings is 1. The van der Waals surface area contributed by atoms with E-state index < -0.39 is 5.91 Å². The molecule has 4 heteroatoms. The number of amides is 1. The number of hydrogen-bond acceptors (Lipinski definition) is 3. The standard InChI is InChI=1S/C11H16N2OS/c1-7(2)6-15-8-3-4-10(12)9(5-8)11(13)14/h3-5,7H,6,12H2,1-2H3,(H2,13,14). The highest BCUT2D eigenvalue weighted by Gasteiger charge is 2.07. The van der Waals surface area contributed by atoms with Crippen molar-refractivity contribution in [1.82, 2.24) is 0 Å². The molecule has 4 N–H and O–H groups in total. The molecule has 0 saturated heterocycles. The minimum Gasteiger partial charge on any atom is -0.398 e. The lowest BCUT2D eigenvalue weighted by atomic mass is 10.2. The second-order valence-corrected chi connectivity index (χ2v) is 4.91. The molecule has 3 nitrogen and oxygen atoms in total. The van der Waals surface area contributed by atoms with Crippen LogP contribution in [0.3, 0.4) is 0 Å². The molecule has 0 bridgehead atoms. The van der Waals surface area contributed by atoms with Gasteiger partial charge in [-0.2, -0.15) is 0 Å². The summed E-state index contributed by atoms with van der Waals surface area (Å²) in [5.74, 6) is 1.16. The van der Waals surface area contributed by atoms with Gasteiger partial charge < -0.3 is 11.5 Å². The Balaban J connectivity index is 2.83. The molecule has 0 unspecified atom stereocenters. The van der Waals surface area contributed by atoms with Crippen molar-refractivity contribution in [3.63, 3.8) is 0 Å². The van der Waals surface area contributed by atoms with Crippen molar-refractivity contribution >= 4 is 23.4 Å². The van der Waals surface area contributed by atoms with Crippen molar-refractivity contribution < 1.29 is 4.79 Å². The fraction of sp³-hybridized carbons (Fsp3) is 0.364. The minimum absolute atomic E-state index is 0.406. The average molecular weight is 224 g/mol. The third-order valence-electron chi connectivity index (χ3n) is 1.87. The molecule has 1 amide bonds. The van der Waals surface area contributed by atoms with Gasteiger partial charge in [0.25, 0.3) is 5.91 Å². The highest BCUT2D eigenvalue weighted by atomic mass is 32.2. The molecular formula is C11H16N2OS. The predicted octanol–water partition coefficient (Wildman–Crippen LogP) is 2.12. The lowest BCUT2D eigenvalue weighted by Gasteiger charge is -2.07. The monoisotopic (exact) mass is 224 g/mol. The number of anilines is 1. The number of carbonyl (C=O) groups is 1. The van der Waals surface area contributed by atoms with Crippen LogP contribution in [0.1, 0.15) is 24.2 Å². The summed E-state index contributed by atoms with van der Waals surface area (Å²) in [5, 5.41) is 0. The van der Waals surface area contributed by atoms with Crippen molar-refractivity contribution in [3.05, 3.63) is 23.8 Å². The van der Waals surface area contributed by atoms with Crippen LogP contribution in [-0.2, 0) is 0 Å². The number of thioether (sulfide) groups is 1. The van der Waals surface area contributed by atoms with Gasteiger partial charge in [0.05, 0.1) is 5.56 Å². The Morgan fingerprint density at radius 2 is 2.13 bits per heavy atom. The average Bonchev–Trinajstić information content (AvgIpc) is 2.16. The fourth-order valence-corrected chi connectivity index (χ4v) is 1.99. The van der Waals surface area contributed by atoms with Gasteiger partial charge in [-0.15, -0.1) is 11.8 Å². The van der Waals surface area contributed by atoms with Crippen LogP contribution in [-0.4, -0.2) is 11.7 Å². The van der Waals surface area contributed by atoms with Gasteiger partial charge in [-0.05, 0) is 24.1 Å². The number of carbonyl (C=O) groups excluding carboxylic acids is 1. The number of nitrogen functional groups attached to an aromatic ring is 1. The van der Waals surface area contributed by atoms with Crippen molar-refractivity contribution in [1.29, 1.82) is 0 Å². The van der Waals surface area contributed by atoms with E-state index in [4.69, 9.17) is 11.5 Å². The minimum atomic E-state index is -0.473. The second kappa shape index (κ2) is 5.07. The Bertz CT molecular complexity index is 364. The molecule has 1 rings (SSSR count). The van der Waals surface area contributed by atoms with Gasteiger partial charge in [-0.1, -0.05) is 13.8 Å². The van der Waals surface area contributed by atoms with Crippen LogP contribution >= 0.6 is 11.8 Å². The zero-order valence-electron chi connectivity index (χ0n) is 8.99. The molecule has 0 atom stereocenters. The lowest BCUT2D eigenvalue weighted by molar-refractivity contribution is 0.100. The van der Waals surface area contributed by atoms with E-state index in [0.717, 1.165) is 10.6 Å². The second-order valence-electron chi connectivity index (χ2n) is 3.82. The Labute approximate surface area is 94.2 Å². The van der Waals surface area contributed by atoms with Crippen LogP contribution in [0, 0.1) is 5.92 Å². The molecule has 1 aromatic rings. The topological polar surface area (TPSA) is 69.1 Å². The first kappa shape index (κ1) is 11.9. The first-order valence-corrected chi connectivity index (χ1v) is 5.81. The first-order valence-electron chi connectivity index (χ1n) is 4.83. The summed E-state index contributed by atoms with van der Waals surface area (Å²) >= 11 is 1.71. The normalized spacial score (nSPS) is 10.6. The zero-order valence-corrected chi connectivity index (χ0v) is 9.80. The smallest absolute Gasteiger partial charge is 0.250 e. The molecule has 0 fully saturated rings. The van der Waals surface area contributed by atoms with E-state index in [1.54, 1.807) is 23.9 Å². The largest absolute Gasteiger partial charge is 0.398 e. The van der Waals surface area contributed by atoms with Gasteiger partial charge in [0.2, 0.25) is 0 Å². The number of rotatable bonds is 4. The van der Waals surface area contributed by atoms with Crippen LogP contribution in [0.15, 0.2) is 23.1 Å². The van der Waals surface area contributed by atoms with E-state index in [9.17, 15) is 4.79 Å². The summed E-state index contributed by atoms with van der Waals surface area (Å²) < 4.78 is 0. The maximum Gasteiger partial charge on any atom is 0.250 e. The van der Waals surface area contributed by atoms with Crippen LogP contribution in [0.25, 0.3) is 0 Å². The summed E-state index contributed by atoms with van der Waals surface area (Å²) in [5.41, 5.74) is 11.7. The maximum atomic E-state index is 11.0. The SMILES string of the molecule is CC(C)CSc1ccc(N)c(C(N)=O)c1. The van der Waals surface area contributed by atoms with E-state index in [1.165, 1.54) is 0 Å². The van der Waals surface area contributed by atoms with E-state index in [1.807, 2.05) is 6.07 Å². The Morgan fingerprint density at radius 3 is 2.67 bits per heavy atom. The molecule has 0 saturated carbocycles. The number of primary amides is 1. The third-order valence-corrected chi connectivity index (χ3v) is 3.29. The highest BCUT2D eigenvalue weighted by molar-refractivity contribution is 7.99. The van der Waals surface area contributed by atoms with E-state index >= 15 is 0 Å². The van der Waals surface area contributed by atoms with Crippen molar-refractivity contribution in [2.24, 2.45) is 11.7 Å². The van der Waals surface area contributed by atoms with Crippen molar-refractivity contribution in [2.75, 3.05) is 11.5 Å². The molecule has 0 aliphatic carbocycles. The van der Waals surface area contributed by atoms with Gasteiger partial charge in [0.1, 0.15) is 0 Å². The maximum absolute atomic E-state index is 11.0. The fourth-order valence-electron chi connectivity index (χ4n) is 1.10. The first-order chi connectivity index (χ1) is 7.00. The molecule has 0 spiro atoms. The molecule has 0 aromatic heterocycles. The Hall–Kier alpha value is -1.16. The molecule has 15 heavy (non-hydrogen) atoms. The predicted molar refractivity (Wildman–Crippen MR) is 64.9 cm³/mol. The van der Waals surface area contributed by atoms with Crippen LogP contribution < -0.4 is 11.5 Å². The van der Waals surface area contributed by atoms with Gasteiger partial charge in [-0.25, -0.2) is 0 Å². The summed E-state index contributed by atoms with van der Waals surface area (Å²) in [6, 6.07) is 5.39.